The molecule has 1 N–H and O–H groups in total. The molecular formula is C16H12N2O2. The zero-order valence-corrected chi connectivity index (χ0v) is 10.6. The lowest BCUT2D eigenvalue weighted by atomic mass is 9.99. The number of nitro groups is 1. The first-order valence-corrected chi connectivity index (χ1v) is 6.23. The second-order valence-corrected chi connectivity index (χ2v) is 4.44. The van der Waals surface area contributed by atoms with E-state index in [2.05, 4.69) is 4.98 Å². The molecule has 4 heteroatoms. The van der Waals surface area contributed by atoms with Gasteiger partial charge in [-0.2, -0.15) is 0 Å². The largest absolute Gasteiger partial charge is 0.361 e. The Labute approximate surface area is 115 Å². The fourth-order valence-corrected chi connectivity index (χ4v) is 2.34. The fourth-order valence-electron chi connectivity index (χ4n) is 2.34. The third-order valence-electron chi connectivity index (χ3n) is 3.20. The molecule has 0 amide bonds. The predicted octanol–water partition coefficient (Wildman–Crippen LogP) is 4.08. The third kappa shape index (κ3) is 2.19. The summed E-state index contributed by atoms with van der Waals surface area (Å²) >= 11 is 0. The molecule has 0 spiro atoms. The van der Waals surface area contributed by atoms with Crippen molar-refractivity contribution in [1.82, 2.24) is 4.98 Å². The van der Waals surface area contributed by atoms with Crippen molar-refractivity contribution in [2.75, 3.05) is 0 Å². The van der Waals surface area contributed by atoms with Crippen LogP contribution in [0.25, 0.3) is 28.1 Å². The molecule has 0 unspecified atom stereocenters. The number of nitrogens with zero attached hydrogens (tertiary/aromatic N) is 1. The van der Waals surface area contributed by atoms with Gasteiger partial charge in [0.05, 0.1) is 4.92 Å². The Kier molecular flexibility index (Phi) is 3.05. The maximum Gasteiger partial charge on any atom is 0.235 e. The summed E-state index contributed by atoms with van der Waals surface area (Å²) in [5.74, 6) is 0. The second kappa shape index (κ2) is 5.01. The van der Waals surface area contributed by atoms with Crippen molar-refractivity contribution >= 4 is 17.0 Å². The number of hydrogen-bond acceptors (Lipinski definition) is 2. The van der Waals surface area contributed by atoms with E-state index in [9.17, 15) is 10.1 Å². The first-order valence-electron chi connectivity index (χ1n) is 6.23. The summed E-state index contributed by atoms with van der Waals surface area (Å²) in [5.41, 5.74) is 3.94. The lowest BCUT2D eigenvalue weighted by Gasteiger charge is -2.04. The summed E-state index contributed by atoms with van der Waals surface area (Å²) in [6, 6.07) is 15.9. The van der Waals surface area contributed by atoms with Gasteiger partial charge in [-0.1, -0.05) is 42.5 Å². The van der Waals surface area contributed by atoms with Crippen molar-refractivity contribution in [3.8, 4) is 11.1 Å². The van der Waals surface area contributed by atoms with Crippen LogP contribution in [0.4, 0.5) is 0 Å². The summed E-state index contributed by atoms with van der Waals surface area (Å²) in [4.78, 5) is 13.2. The predicted molar refractivity (Wildman–Crippen MR) is 79.8 cm³/mol. The summed E-state index contributed by atoms with van der Waals surface area (Å²) in [6.07, 6.45) is 4.27. The molecule has 0 saturated heterocycles. The van der Waals surface area contributed by atoms with Crippen molar-refractivity contribution in [3.05, 3.63) is 76.6 Å². The molecule has 98 valence electrons. The number of aromatic nitrogens is 1. The van der Waals surface area contributed by atoms with E-state index in [0.29, 0.717) is 0 Å². The van der Waals surface area contributed by atoms with Crippen molar-refractivity contribution < 1.29 is 4.92 Å². The number of fused-ring (bicyclic) bond motifs is 1. The smallest absolute Gasteiger partial charge is 0.235 e. The summed E-state index contributed by atoms with van der Waals surface area (Å²) < 4.78 is 0. The molecule has 0 fully saturated rings. The van der Waals surface area contributed by atoms with E-state index < -0.39 is 4.92 Å². The van der Waals surface area contributed by atoms with E-state index in [4.69, 9.17) is 0 Å². The second-order valence-electron chi connectivity index (χ2n) is 4.44. The van der Waals surface area contributed by atoms with E-state index in [1.165, 1.54) is 6.08 Å². The number of H-pyrrole nitrogens is 1. The molecule has 0 aliphatic carbocycles. The highest BCUT2D eigenvalue weighted by atomic mass is 16.6. The lowest BCUT2D eigenvalue weighted by Crippen LogP contribution is -1.83. The Morgan fingerprint density at radius 3 is 2.60 bits per heavy atom. The van der Waals surface area contributed by atoms with Crippen LogP contribution in [0, 0.1) is 10.1 Å². The molecule has 3 rings (SSSR count). The highest BCUT2D eigenvalue weighted by molar-refractivity contribution is 6.00. The first kappa shape index (κ1) is 12.2. The van der Waals surface area contributed by atoms with Crippen LogP contribution in [0.15, 0.2) is 60.9 Å². The first-order chi connectivity index (χ1) is 9.75. The average Bonchev–Trinajstić information content (AvgIpc) is 2.89. The summed E-state index contributed by atoms with van der Waals surface area (Å²) in [5, 5.41) is 11.5. The number of rotatable bonds is 3. The van der Waals surface area contributed by atoms with E-state index in [1.54, 1.807) is 6.20 Å². The Hall–Kier alpha value is -2.88. The minimum atomic E-state index is -0.454. The van der Waals surface area contributed by atoms with Gasteiger partial charge in [0.15, 0.2) is 0 Å². The molecule has 0 saturated carbocycles. The van der Waals surface area contributed by atoms with Gasteiger partial charge in [-0.15, -0.1) is 0 Å². The standard InChI is InChI=1S/C16H12N2O2/c19-18(20)10-9-13-11-17-15-8-4-7-14(16(13)15)12-5-2-1-3-6-12/h1-11,17H. The van der Waals surface area contributed by atoms with Gasteiger partial charge in [0.2, 0.25) is 6.20 Å². The van der Waals surface area contributed by atoms with Crippen LogP contribution >= 0.6 is 0 Å². The Bertz CT molecular complexity index is 789. The fraction of sp³-hybridized carbons (Fsp3) is 0. The molecule has 20 heavy (non-hydrogen) atoms. The number of benzene rings is 2. The van der Waals surface area contributed by atoms with Crippen LogP contribution < -0.4 is 0 Å². The molecule has 4 nitrogen and oxygen atoms in total. The van der Waals surface area contributed by atoms with Gasteiger partial charge in [-0.05, 0) is 17.2 Å². The molecule has 0 aliphatic rings. The highest BCUT2D eigenvalue weighted by Crippen LogP contribution is 2.31. The number of hydrogen-bond donors (Lipinski definition) is 1. The number of aromatic amines is 1. The molecule has 1 aromatic heterocycles. The topological polar surface area (TPSA) is 58.9 Å². The van der Waals surface area contributed by atoms with E-state index in [0.717, 1.165) is 33.8 Å². The van der Waals surface area contributed by atoms with Crippen molar-refractivity contribution in [2.45, 2.75) is 0 Å². The molecule has 0 aliphatic heterocycles. The number of nitrogens with one attached hydrogen (secondary N) is 1. The van der Waals surface area contributed by atoms with Gasteiger partial charge in [-0.3, -0.25) is 10.1 Å². The van der Waals surface area contributed by atoms with Crippen LogP contribution in [0.2, 0.25) is 0 Å². The minimum Gasteiger partial charge on any atom is -0.361 e. The summed E-state index contributed by atoms with van der Waals surface area (Å²) in [7, 11) is 0. The Morgan fingerprint density at radius 1 is 1.05 bits per heavy atom. The van der Waals surface area contributed by atoms with Crippen molar-refractivity contribution in [1.29, 1.82) is 0 Å². The molecule has 0 radical (unpaired) electrons. The monoisotopic (exact) mass is 264 g/mol. The van der Waals surface area contributed by atoms with E-state index >= 15 is 0 Å². The van der Waals surface area contributed by atoms with Gasteiger partial charge >= 0.3 is 0 Å². The maximum atomic E-state index is 10.5. The summed E-state index contributed by atoms with van der Waals surface area (Å²) in [6.45, 7) is 0. The van der Waals surface area contributed by atoms with Crippen LogP contribution in [0.3, 0.4) is 0 Å². The van der Waals surface area contributed by atoms with Gasteiger partial charge in [0.25, 0.3) is 0 Å². The molecule has 1 heterocycles. The SMILES string of the molecule is O=[N+]([O-])C=Cc1c[nH]c2cccc(-c3ccccc3)c12. The van der Waals surface area contributed by atoms with Gasteiger partial charge < -0.3 is 4.98 Å². The van der Waals surface area contributed by atoms with Crippen LogP contribution in [-0.4, -0.2) is 9.91 Å². The maximum absolute atomic E-state index is 10.5. The molecule has 3 aromatic rings. The normalized spacial score (nSPS) is 11.2. The molecule has 0 bridgehead atoms. The van der Waals surface area contributed by atoms with Gasteiger partial charge in [0, 0.05) is 28.7 Å². The lowest BCUT2D eigenvalue weighted by molar-refractivity contribution is -0.400. The van der Waals surface area contributed by atoms with Crippen molar-refractivity contribution in [3.63, 3.8) is 0 Å². The zero-order valence-electron chi connectivity index (χ0n) is 10.6. The van der Waals surface area contributed by atoms with Gasteiger partial charge in [-0.25, -0.2) is 0 Å². The van der Waals surface area contributed by atoms with E-state index in [-0.39, 0.29) is 0 Å². The van der Waals surface area contributed by atoms with Gasteiger partial charge in [0.1, 0.15) is 0 Å². The van der Waals surface area contributed by atoms with E-state index in [1.807, 2.05) is 48.5 Å². The quantitative estimate of drug-likeness (QED) is 0.572. The van der Waals surface area contributed by atoms with Crippen LogP contribution in [-0.2, 0) is 0 Å². The molecule has 0 atom stereocenters. The van der Waals surface area contributed by atoms with Crippen LogP contribution in [0.1, 0.15) is 5.56 Å². The highest BCUT2D eigenvalue weighted by Gasteiger charge is 2.08. The van der Waals surface area contributed by atoms with Crippen molar-refractivity contribution in [2.24, 2.45) is 0 Å². The average molecular weight is 264 g/mol. The minimum absolute atomic E-state index is 0.454. The third-order valence-corrected chi connectivity index (χ3v) is 3.20. The Balaban J connectivity index is 2.22. The molecule has 2 aromatic carbocycles. The zero-order chi connectivity index (χ0) is 13.9. The molecular weight excluding hydrogens is 252 g/mol. The Morgan fingerprint density at radius 2 is 1.85 bits per heavy atom. The van der Waals surface area contributed by atoms with Crippen LogP contribution in [0.5, 0.6) is 0 Å².